The van der Waals surface area contributed by atoms with E-state index in [4.69, 9.17) is 10.2 Å². The number of nitrogens with zero attached hydrogens (tertiary/aromatic N) is 1. The van der Waals surface area contributed by atoms with E-state index >= 15 is 0 Å². The fourth-order valence-electron chi connectivity index (χ4n) is 2.22. The molecule has 1 aromatic heterocycles. The van der Waals surface area contributed by atoms with E-state index in [-0.39, 0.29) is 5.91 Å². The molecule has 6 heteroatoms. The lowest BCUT2D eigenvalue weighted by atomic mass is 10.1. The second-order valence-corrected chi connectivity index (χ2v) is 5.49. The summed E-state index contributed by atoms with van der Waals surface area (Å²) >= 11 is 0. The van der Waals surface area contributed by atoms with Crippen LogP contribution < -0.4 is 16.4 Å². The number of anilines is 1. The normalized spacial score (nSPS) is 11.3. The van der Waals surface area contributed by atoms with Crippen LogP contribution in [-0.2, 0) is 6.42 Å². The van der Waals surface area contributed by atoms with Gasteiger partial charge in [0.2, 0.25) is 0 Å². The molecule has 0 aliphatic carbocycles. The van der Waals surface area contributed by atoms with Crippen LogP contribution in [0.25, 0.3) is 0 Å². The van der Waals surface area contributed by atoms with Gasteiger partial charge in [-0.25, -0.2) is 0 Å². The molecule has 24 heavy (non-hydrogen) atoms. The molecule has 0 radical (unpaired) electrons. The Morgan fingerprint density at radius 2 is 2.17 bits per heavy atom. The SMILES string of the molecule is CCc1cccc(NC(N)=NCCCNC(=O)c2occc2C)c1. The van der Waals surface area contributed by atoms with Crippen LogP contribution in [-0.4, -0.2) is 25.0 Å². The number of benzene rings is 1. The highest BCUT2D eigenvalue weighted by Crippen LogP contribution is 2.10. The number of carbonyl (C=O) groups excluding carboxylic acids is 1. The quantitative estimate of drug-likeness (QED) is 0.414. The smallest absolute Gasteiger partial charge is 0.287 e. The number of carbonyl (C=O) groups is 1. The molecule has 0 atom stereocenters. The Bertz CT molecular complexity index is 707. The highest BCUT2D eigenvalue weighted by Gasteiger charge is 2.11. The molecule has 1 amide bonds. The van der Waals surface area contributed by atoms with Crippen molar-refractivity contribution in [2.75, 3.05) is 18.4 Å². The molecule has 0 spiro atoms. The van der Waals surface area contributed by atoms with Crippen LogP contribution >= 0.6 is 0 Å². The molecular weight excluding hydrogens is 304 g/mol. The third kappa shape index (κ3) is 5.15. The monoisotopic (exact) mass is 328 g/mol. The molecule has 0 bridgehead atoms. The molecule has 0 saturated carbocycles. The van der Waals surface area contributed by atoms with E-state index < -0.39 is 0 Å². The average Bonchev–Trinajstić information content (AvgIpc) is 3.00. The molecule has 6 nitrogen and oxygen atoms in total. The summed E-state index contributed by atoms with van der Waals surface area (Å²) in [5.74, 6) is 0.524. The van der Waals surface area contributed by atoms with Gasteiger partial charge < -0.3 is 20.8 Å². The largest absolute Gasteiger partial charge is 0.459 e. The van der Waals surface area contributed by atoms with E-state index in [1.165, 1.54) is 11.8 Å². The molecule has 1 heterocycles. The number of furan rings is 1. The number of hydrogen-bond donors (Lipinski definition) is 3. The number of guanidine groups is 1. The minimum Gasteiger partial charge on any atom is -0.459 e. The van der Waals surface area contributed by atoms with Gasteiger partial charge in [-0.1, -0.05) is 19.1 Å². The highest BCUT2D eigenvalue weighted by molar-refractivity contribution is 5.93. The maximum absolute atomic E-state index is 11.8. The van der Waals surface area contributed by atoms with E-state index in [9.17, 15) is 4.79 Å². The van der Waals surface area contributed by atoms with Crippen molar-refractivity contribution in [2.24, 2.45) is 10.7 Å². The molecule has 1 aromatic carbocycles. The first-order valence-corrected chi connectivity index (χ1v) is 8.08. The summed E-state index contributed by atoms with van der Waals surface area (Å²) in [6.07, 6.45) is 3.18. The summed E-state index contributed by atoms with van der Waals surface area (Å²) in [6, 6.07) is 9.82. The Kier molecular flexibility index (Phi) is 6.42. The minimum atomic E-state index is -0.205. The van der Waals surface area contributed by atoms with Crippen molar-refractivity contribution in [1.29, 1.82) is 0 Å². The van der Waals surface area contributed by atoms with Crippen LogP contribution in [0.5, 0.6) is 0 Å². The molecule has 2 rings (SSSR count). The van der Waals surface area contributed by atoms with Gasteiger partial charge in [-0.2, -0.15) is 0 Å². The number of nitrogens with one attached hydrogen (secondary N) is 2. The molecular formula is C18H24N4O2. The lowest BCUT2D eigenvalue weighted by molar-refractivity contribution is 0.0925. The van der Waals surface area contributed by atoms with Gasteiger partial charge in [0.05, 0.1) is 6.26 Å². The molecule has 0 saturated heterocycles. The van der Waals surface area contributed by atoms with Crippen LogP contribution in [0.3, 0.4) is 0 Å². The molecule has 4 N–H and O–H groups in total. The highest BCUT2D eigenvalue weighted by atomic mass is 16.3. The molecule has 0 aliphatic heterocycles. The Morgan fingerprint density at radius 1 is 1.33 bits per heavy atom. The summed E-state index contributed by atoms with van der Waals surface area (Å²) in [5.41, 5.74) is 8.87. The van der Waals surface area contributed by atoms with Gasteiger partial charge in [-0.3, -0.25) is 9.79 Å². The van der Waals surface area contributed by atoms with Crippen LogP contribution in [0.4, 0.5) is 5.69 Å². The zero-order chi connectivity index (χ0) is 17.4. The standard InChI is InChI=1S/C18H24N4O2/c1-3-14-6-4-7-15(12-14)22-18(19)21-10-5-9-20-17(23)16-13(2)8-11-24-16/h4,6-8,11-12H,3,5,9-10H2,1-2H3,(H,20,23)(H3,19,21,22). The van der Waals surface area contributed by atoms with E-state index in [2.05, 4.69) is 28.6 Å². The van der Waals surface area contributed by atoms with Gasteiger partial charge in [-0.15, -0.1) is 0 Å². The lowest BCUT2D eigenvalue weighted by Crippen LogP contribution is -2.26. The van der Waals surface area contributed by atoms with Gasteiger partial charge >= 0.3 is 0 Å². The van der Waals surface area contributed by atoms with Crippen molar-refractivity contribution in [3.63, 3.8) is 0 Å². The van der Waals surface area contributed by atoms with E-state index in [0.717, 1.165) is 17.7 Å². The van der Waals surface area contributed by atoms with E-state index in [1.54, 1.807) is 6.07 Å². The third-order valence-electron chi connectivity index (χ3n) is 3.58. The van der Waals surface area contributed by atoms with Crippen LogP contribution in [0.2, 0.25) is 0 Å². The number of hydrogen-bond acceptors (Lipinski definition) is 3. The van der Waals surface area contributed by atoms with E-state index in [0.29, 0.717) is 31.2 Å². The molecule has 0 fully saturated rings. The first kappa shape index (κ1) is 17.6. The summed E-state index contributed by atoms with van der Waals surface area (Å²) in [6.45, 7) is 4.99. The van der Waals surface area contributed by atoms with Crippen molar-refractivity contribution >= 4 is 17.6 Å². The number of aliphatic imine (C=N–C) groups is 1. The Morgan fingerprint density at radius 3 is 2.88 bits per heavy atom. The summed E-state index contributed by atoms with van der Waals surface area (Å²) in [5, 5.41) is 5.87. The predicted octanol–water partition coefficient (Wildman–Crippen LogP) is 2.70. The Labute approximate surface area is 142 Å². The fourth-order valence-corrected chi connectivity index (χ4v) is 2.22. The number of amides is 1. The van der Waals surface area contributed by atoms with Gasteiger partial charge in [0.1, 0.15) is 0 Å². The average molecular weight is 328 g/mol. The van der Waals surface area contributed by atoms with Crippen LogP contribution in [0, 0.1) is 6.92 Å². The second-order valence-electron chi connectivity index (χ2n) is 5.49. The van der Waals surface area contributed by atoms with Gasteiger partial charge in [-0.05, 0) is 43.5 Å². The number of nitrogens with two attached hydrogens (primary N) is 1. The summed E-state index contributed by atoms with van der Waals surface area (Å²) in [7, 11) is 0. The van der Waals surface area contributed by atoms with Gasteiger partial charge in [0, 0.05) is 24.3 Å². The Hall–Kier alpha value is -2.76. The summed E-state index contributed by atoms with van der Waals surface area (Å²) < 4.78 is 5.14. The summed E-state index contributed by atoms with van der Waals surface area (Å²) in [4.78, 5) is 16.1. The topological polar surface area (TPSA) is 92.6 Å². The third-order valence-corrected chi connectivity index (χ3v) is 3.58. The first-order valence-electron chi connectivity index (χ1n) is 8.08. The minimum absolute atomic E-state index is 0.205. The van der Waals surface area contributed by atoms with Crippen LogP contribution in [0.1, 0.15) is 35.0 Å². The van der Waals surface area contributed by atoms with Crippen LogP contribution in [0.15, 0.2) is 46.0 Å². The first-order chi connectivity index (χ1) is 11.6. The van der Waals surface area contributed by atoms with Crippen molar-refractivity contribution < 1.29 is 9.21 Å². The molecule has 128 valence electrons. The van der Waals surface area contributed by atoms with Gasteiger partial charge in [0.25, 0.3) is 5.91 Å². The maximum Gasteiger partial charge on any atom is 0.287 e. The van der Waals surface area contributed by atoms with Crippen molar-refractivity contribution in [1.82, 2.24) is 5.32 Å². The van der Waals surface area contributed by atoms with Crippen molar-refractivity contribution in [3.05, 3.63) is 53.5 Å². The maximum atomic E-state index is 11.8. The Balaban J connectivity index is 1.71. The fraction of sp³-hybridized carbons (Fsp3) is 0.333. The van der Waals surface area contributed by atoms with E-state index in [1.807, 2.05) is 25.1 Å². The number of rotatable bonds is 7. The zero-order valence-corrected chi connectivity index (χ0v) is 14.1. The van der Waals surface area contributed by atoms with Gasteiger partial charge in [0.15, 0.2) is 11.7 Å². The number of aryl methyl sites for hydroxylation is 2. The molecule has 0 unspecified atom stereocenters. The molecule has 0 aliphatic rings. The lowest BCUT2D eigenvalue weighted by Gasteiger charge is -2.07. The van der Waals surface area contributed by atoms with Crippen molar-refractivity contribution in [2.45, 2.75) is 26.7 Å². The van der Waals surface area contributed by atoms with Crippen molar-refractivity contribution in [3.8, 4) is 0 Å². The second kappa shape index (κ2) is 8.76. The predicted molar refractivity (Wildman–Crippen MR) is 96.3 cm³/mol. The zero-order valence-electron chi connectivity index (χ0n) is 14.1. The molecule has 2 aromatic rings.